The van der Waals surface area contributed by atoms with Gasteiger partial charge in [0, 0.05) is 13.7 Å². The van der Waals surface area contributed by atoms with E-state index in [2.05, 4.69) is 19.4 Å². The van der Waals surface area contributed by atoms with E-state index < -0.39 is 0 Å². The topological polar surface area (TPSA) is 76.1 Å². The van der Waals surface area contributed by atoms with Crippen LogP contribution in [-0.4, -0.2) is 47.0 Å². The number of ether oxygens (including phenoxy) is 1. The van der Waals surface area contributed by atoms with Crippen molar-refractivity contribution in [3.05, 3.63) is 11.9 Å². The molecule has 2 N–H and O–H groups in total. The first kappa shape index (κ1) is 15.3. The van der Waals surface area contributed by atoms with Gasteiger partial charge in [0.1, 0.15) is 0 Å². The summed E-state index contributed by atoms with van der Waals surface area (Å²) in [4.78, 5) is 11.7. The molecule has 2 heterocycles. The zero-order valence-corrected chi connectivity index (χ0v) is 11.8. The molecule has 1 saturated heterocycles. The highest BCUT2D eigenvalue weighted by molar-refractivity contribution is 6.99. The SMILES string of the molecule is COCC1(CNC(=O)c2cnsn2)CCCN1.Cl. The van der Waals surface area contributed by atoms with Crippen molar-refractivity contribution in [2.24, 2.45) is 0 Å². The van der Waals surface area contributed by atoms with E-state index in [1.807, 2.05) is 0 Å². The highest BCUT2D eigenvalue weighted by Gasteiger charge is 2.33. The van der Waals surface area contributed by atoms with Crippen molar-refractivity contribution in [2.75, 3.05) is 26.8 Å². The minimum absolute atomic E-state index is 0. The number of carbonyl (C=O) groups excluding carboxylic acids is 1. The van der Waals surface area contributed by atoms with E-state index in [-0.39, 0.29) is 23.9 Å². The van der Waals surface area contributed by atoms with Crippen LogP contribution in [0.5, 0.6) is 0 Å². The number of methoxy groups -OCH3 is 1. The molecule has 1 aromatic heterocycles. The number of nitrogens with one attached hydrogen (secondary N) is 2. The summed E-state index contributed by atoms with van der Waals surface area (Å²) in [5, 5.41) is 6.27. The molecule has 1 unspecified atom stereocenters. The van der Waals surface area contributed by atoms with E-state index in [1.165, 1.54) is 6.20 Å². The third-order valence-electron chi connectivity index (χ3n) is 2.93. The number of aromatic nitrogens is 2. The molecular formula is C10H17ClN4O2S. The second-order valence-corrected chi connectivity index (χ2v) is 4.78. The number of hydrogen-bond donors (Lipinski definition) is 2. The molecule has 1 aliphatic heterocycles. The molecule has 0 spiro atoms. The molecule has 1 aliphatic rings. The van der Waals surface area contributed by atoms with Crippen LogP contribution in [0.15, 0.2) is 6.20 Å². The molecule has 0 saturated carbocycles. The molecule has 0 aliphatic carbocycles. The molecule has 1 aromatic rings. The van der Waals surface area contributed by atoms with Crippen molar-refractivity contribution in [3.8, 4) is 0 Å². The molecule has 1 atom stereocenters. The Labute approximate surface area is 116 Å². The van der Waals surface area contributed by atoms with Crippen molar-refractivity contribution < 1.29 is 9.53 Å². The van der Waals surface area contributed by atoms with E-state index in [9.17, 15) is 4.79 Å². The van der Waals surface area contributed by atoms with Crippen LogP contribution in [0, 0.1) is 0 Å². The summed E-state index contributed by atoms with van der Waals surface area (Å²) in [7, 11) is 1.67. The van der Waals surface area contributed by atoms with Gasteiger partial charge in [0.05, 0.1) is 30.1 Å². The first-order valence-corrected chi connectivity index (χ1v) is 6.28. The van der Waals surface area contributed by atoms with Gasteiger partial charge in [-0.3, -0.25) is 4.79 Å². The first-order valence-electron chi connectivity index (χ1n) is 5.55. The normalized spacial score (nSPS) is 22.5. The van der Waals surface area contributed by atoms with Gasteiger partial charge < -0.3 is 15.4 Å². The van der Waals surface area contributed by atoms with E-state index in [1.54, 1.807) is 7.11 Å². The van der Waals surface area contributed by atoms with Gasteiger partial charge in [-0.25, -0.2) is 0 Å². The number of carbonyl (C=O) groups is 1. The van der Waals surface area contributed by atoms with Crippen LogP contribution in [0.2, 0.25) is 0 Å². The lowest BCUT2D eigenvalue weighted by Gasteiger charge is -2.28. The molecule has 2 rings (SSSR count). The summed E-state index contributed by atoms with van der Waals surface area (Å²) in [6.45, 7) is 2.12. The van der Waals surface area contributed by atoms with E-state index >= 15 is 0 Å². The second kappa shape index (κ2) is 6.98. The summed E-state index contributed by atoms with van der Waals surface area (Å²) in [6, 6.07) is 0. The quantitative estimate of drug-likeness (QED) is 0.824. The molecule has 0 aromatic carbocycles. The Bertz CT molecular complexity index is 368. The average Bonchev–Trinajstić information content (AvgIpc) is 2.98. The third kappa shape index (κ3) is 3.61. The zero-order valence-electron chi connectivity index (χ0n) is 10.1. The van der Waals surface area contributed by atoms with Crippen molar-refractivity contribution in [1.82, 2.24) is 19.4 Å². The predicted molar refractivity (Wildman–Crippen MR) is 71.3 cm³/mol. The fourth-order valence-electron chi connectivity index (χ4n) is 2.07. The molecule has 0 radical (unpaired) electrons. The summed E-state index contributed by atoms with van der Waals surface area (Å²) >= 11 is 1.03. The number of nitrogens with zero attached hydrogens (tertiary/aromatic N) is 2. The van der Waals surface area contributed by atoms with Gasteiger partial charge in [0.15, 0.2) is 5.69 Å². The molecular weight excluding hydrogens is 276 g/mol. The monoisotopic (exact) mass is 292 g/mol. The minimum atomic E-state index is -0.178. The zero-order chi connectivity index (χ0) is 12.1. The maximum absolute atomic E-state index is 11.7. The van der Waals surface area contributed by atoms with Crippen LogP contribution in [0.1, 0.15) is 23.3 Å². The lowest BCUT2D eigenvalue weighted by molar-refractivity contribution is 0.0888. The van der Waals surface area contributed by atoms with E-state index in [4.69, 9.17) is 4.74 Å². The molecule has 1 fully saturated rings. The van der Waals surface area contributed by atoms with Crippen LogP contribution < -0.4 is 10.6 Å². The Morgan fingerprint density at radius 1 is 1.72 bits per heavy atom. The molecule has 1 amide bonds. The van der Waals surface area contributed by atoms with Crippen molar-refractivity contribution in [2.45, 2.75) is 18.4 Å². The van der Waals surface area contributed by atoms with Gasteiger partial charge in [-0.15, -0.1) is 12.4 Å². The van der Waals surface area contributed by atoms with E-state index in [0.29, 0.717) is 18.8 Å². The van der Waals surface area contributed by atoms with Crippen LogP contribution in [-0.2, 0) is 4.74 Å². The molecule has 8 heteroatoms. The summed E-state index contributed by atoms with van der Waals surface area (Å²) in [6.07, 6.45) is 3.60. The number of hydrogen-bond acceptors (Lipinski definition) is 6. The summed E-state index contributed by atoms with van der Waals surface area (Å²) in [5.41, 5.74) is 0.244. The Morgan fingerprint density at radius 2 is 2.56 bits per heavy atom. The number of amides is 1. The Morgan fingerprint density at radius 3 is 3.11 bits per heavy atom. The standard InChI is InChI=1S/C10H16N4O2S.ClH/c1-16-7-10(3-2-4-12-10)6-11-9(15)8-5-13-17-14-8;/h5,12H,2-4,6-7H2,1H3,(H,11,15);1H. The Hall–Kier alpha value is -0.760. The van der Waals surface area contributed by atoms with Gasteiger partial charge >= 0.3 is 0 Å². The molecule has 102 valence electrons. The van der Waals surface area contributed by atoms with Gasteiger partial charge in [0.25, 0.3) is 5.91 Å². The van der Waals surface area contributed by atoms with Crippen LogP contribution in [0.4, 0.5) is 0 Å². The third-order valence-corrected chi connectivity index (χ3v) is 3.41. The second-order valence-electron chi connectivity index (χ2n) is 4.22. The van der Waals surface area contributed by atoms with Gasteiger partial charge in [0.2, 0.25) is 0 Å². The Balaban J connectivity index is 0.00000162. The fraction of sp³-hybridized carbons (Fsp3) is 0.700. The molecule has 18 heavy (non-hydrogen) atoms. The minimum Gasteiger partial charge on any atom is -0.383 e. The maximum atomic E-state index is 11.7. The van der Waals surface area contributed by atoms with Crippen molar-refractivity contribution in [1.29, 1.82) is 0 Å². The molecule has 0 bridgehead atoms. The lowest BCUT2D eigenvalue weighted by Crippen LogP contribution is -2.53. The van der Waals surface area contributed by atoms with Gasteiger partial charge in [-0.1, -0.05) is 0 Å². The van der Waals surface area contributed by atoms with Gasteiger partial charge in [-0.05, 0) is 19.4 Å². The lowest BCUT2D eigenvalue weighted by atomic mass is 9.98. The largest absolute Gasteiger partial charge is 0.383 e. The Kier molecular flexibility index (Phi) is 5.94. The smallest absolute Gasteiger partial charge is 0.272 e. The predicted octanol–water partition coefficient (Wildman–Crippen LogP) is 0.458. The van der Waals surface area contributed by atoms with Crippen molar-refractivity contribution >= 4 is 30.0 Å². The maximum Gasteiger partial charge on any atom is 0.272 e. The number of halogens is 1. The highest BCUT2D eigenvalue weighted by Crippen LogP contribution is 2.18. The number of rotatable bonds is 5. The van der Waals surface area contributed by atoms with Crippen LogP contribution in [0.25, 0.3) is 0 Å². The summed E-state index contributed by atoms with van der Waals surface area (Å²) < 4.78 is 12.9. The van der Waals surface area contributed by atoms with Gasteiger partial charge in [-0.2, -0.15) is 8.75 Å². The van der Waals surface area contributed by atoms with Crippen molar-refractivity contribution in [3.63, 3.8) is 0 Å². The summed E-state index contributed by atoms with van der Waals surface area (Å²) in [5.74, 6) is -0.178. The highest BCUT2D eigenvalue weighted by atomic mass is 35.5. The van der Waals surface area contributed by atoms with Crippen LogP contribution >= 0.6 is 24.1 Å². The van der Waals surface area contributed by atoms with E-state index in [0.717, 1.165) is 31.1 Å². The first-order chi connectivity index (χ1) is 8.26. The average molecular weight is 293 g/mol. The molecule has 6 nitrogen and oxygen atoms in total. The fourth-order valence-corrected chi connectivity index (χ4v) is 2.49. The van der Waals surface area contributed by atoms with Crippen LogP contribution in [0.3, 0.4) is 0 Å².